The zero-order valence-electron chi connectivity index (χ0n) is 18.7. The summed E-state index contributed by atoms with van der Waals surface area (Å²) in [5.74, 6) is -1.38. The number of hydrogen-bond donors (Lipinski definition) is 0. The fourth-order valence-electron chi connectivity index (χ4n) is 3.97. The lowest BCUT2D eigenvalue weighted by atomic mass is 9.97. The first-order chi connectivity index (χ1) is 16.5. The van der Waals surface area contributed by atoms with Gasteiger partial charge < -0.3 is 4.74 Å². The van der Waals surface area contributed by atoms with Crippen molar-refractivity contribution in [3.8, 4) is 11.8 Å². The van der Waals surface area contributed by atoms with E-state index in [1.54, 1.807) is 18.3 Å². The Hall–Kier alpha value is -3.85. The van der Waals surface area contributed by atoms with Crippen LogP contribution in [0.5, 0.6) is 5.75 Å². The van der Waals surface area contributed by atoms with Crippen molar-refractivity contribution in [1.82, 2.24) is 4.98 Å². The molecule has 6 heteroatoms. The van der Waals surface area contributed by atoms with E-state index in [1.807, 2.05) is 37.3 Å². The van der Waals surface area contributed by atoms with Crippen LogP contribution in [0.3, 0.4) is 0 Å². The molecular formula is C28H23F3N2O. The molecular weight excluding hydrogens is 437 g/mol. The summed E-state index contributed by atoms with van der Waals surface area (Å²) in [7, 11) is 0. The van der Waals surface area contributed by atoms with E-state index in [1.165, 1.54) is 6.07 Å². The Morgan fingerprint density at radius 2 is 1.62 bits per heavy atom. The van der Waals surface area contributed by atoms with E-state index in [0.717, 1.165) is 47.4 Å². The first-order valence-corrected chi connectivity index (χ1v) is 11.1. The van der Waals surface area contributed by atoms with Crippen LogP contribution in [0, 0.1) is 28.8 Å². The van der Waals surface area contributed by atoms with Crippen LogP contribution in [0.25, 0.3) is 10.8 Å². The van der Waals surface area contributed by atoms with Gasteiger partial charge in [-0.25, -0.2) is 13.2 Å². The molecule has 1 heterocycles. The summed E-state index contributed by atoms with van der Waals surface area (Å²) in [6, 6.07) is 16.9. The molecule has 0 saturated heterocycles. The molecule has 3 nitrogen and oxygen atoms in total. The monoisotopic (exact) mass is 460 g/mol. The van der Waals surface area contributed by atoms with Gasteiger partial charge in [-0.2, -0.15) is 5.26 Å². The number of hydrogen-bond acceptors (Lipinski definition) is 3. The average molecular weight is 460 g/mol. The Balaban J connectivity index is 1.45. The number of nitriles is 1. The summed E-state index contributed by atoms with van der Waals surface area (Å²) in [4.78, 5) is 4.42. The van der Waals surface area contributed by atoms with Gasteiger partial charge in [-0.05, 0) is 78.9 Å². The molecule has 0 amide bonds. The fraction of sp³-hybridized carbons (Fsp3) is 0.214. The Labute approximate surface area is 196 Å². The van der Waals surface area contributed by atoms with Crippen molar-refractivity contribution in [1.29, 1.82) is 5.26 Å². The first-order valence-electron chi connectivity index (χ1n) is 11.1. The summed E-state index contributed by atoms with van der Waals surface area (Å²) >= 11 is 0. The second-order valence-electron chi connectivity index (χ2n) is 8.06. The molecule has 0 spiro atoms. The van der Waals surface area contributed by atoms with Gasteiger partial charge in [0.2, 0.25) is 0 Å². The van der Waals surface area contributed by atoms with Gasteiger partial charge in [0, 0.05) is 11.1 Å². The molecule has 0 atom stereocenters. The molecule has 0 radical (unpaired) electrons. The maximum atomic E-state index is 15.1. The molecule has 0 bridgehead atoms. The molecule has 0 aliphatic rings. The van der Waals surface area contributed by atoms with E-state index in [9.17, 15) is 8.78 Å². The molecule has 4 rings (SSSR count). The minimum atomic E-state index is -0.899. The number of rotatable bonds is 8. The molecule has 3 aromatic carbocycles. The third kappa shape index (κ3) is 5.20. The van der Waals surface area contributed by atoms with Crippen molar-refractivity contribution in [3.63, 3.8) is 0 Å². The number of nitrogens with zero attached hydrogens (tertiary/aromatic N) is 2. The SMILES string of the molecule is CCOc1ccc(CCc2ccc3c(F)c(CCc4cc(F)c(C#N)c(F)c4)ccc3c2)nc1. The molecule has 0 fully saturated rings. The van der Waals surface area contributed by atoms with Crippen molar-refractivity contribution in [2.45, 2.75) is 32.6 Å². The largest absolute Gasteiger partial charge is 0.492 e. The molecule has 0 N–H and O–H groups in total. The van der Waals surface area contributed by atoms with Gasteiger partial charge in [-0.3, -0.25) is 4.98 Å². The average Bonchev–Trinajstić information content (AvgIpc) is 2.83. The lowest BCUT2D eigenvalue weighted by Gasteiger charge is -2.10. The highest BCUT2D eigenvalue weighted by Gasteiger charge is 2.13. The van der Waals surface area contributed by atoms with Crippen molar-refractivity contribution in [3.05, 3.63) is 106 Å². The number of pyridine rings is 1. The zero-order valence-corrected chi connectivity index (χ0v) is 18.7. The van der Waals surface area contributed by atoms with E-state index >= 15 is 4.39 Å². The highest BCUT2D eigenvalue weighted by molar-refractivity contribution is 5.84. The smallest absolute Gasteiger partial charge is 0.144 e. The van der Waals surface area contributed by atoms with Crippen LogP contribution in [0.4, 0.5) is 13.2 Å². The molecule has 172 valence electrons. The minimum absolute atomic E-state index is 0.259. The number of ether oxygens (including phenoxy) is 1. The van der Waals surface area contributed by atoms with Gasteiger partial charge in [-0.1, -0.05) is 30.3 Å². The lowest BCUT2D eigenvalue weighted by Crippen LogP contribution is -2.00. The lowest BCUT2D eigenvalue weighted by molar-refractivity contribution is 0.338. The maximum Gasteiger partial charge on any atom is 0.144 e. The molecule has 0 saturated carbocycles. The molecule has 0 unspecified atom stereocenters. The number of fused-ring (bicyclic) bond motifs is 1. The minimum Gasteiger partial charge on any atom is -0.492 e. The molecule has 0 aliphatic carbocycles. The van der Waals surface area contributed by atoms with Crippen molar-refractivity contribution >= 4 is 10.8 Å². The van der Waals surface area contributed by atoms with Crippen molar-refractivity contribution < 1.29 is 17.9 Å². The van der Waals surface area contributed by atoms with Crippen LogP contribution in [-0.2, 0) is 25.7 Å². The number of aryl methyl sites for hydroxylation is 4. The third-order valence-corrected chi connectivity index (χ3v) is 5.77. The summed E-state index contributed by atoms with van der Waals surface area (Å²) in [6.07, 6.45) is 3.80. The number of aromatic nitrogens is 1. The molecule has 4 aromatic rings. The van der Waals surface area contributed by atoms with Crippen LogP contribution in [0.2, 0.25) is 0 Å². The van der Waals surface area contributed by atoms with E-state index in [0.29, 0.717) is 23.1 Å². The Bertz CT molecular complexity index is 1340. The van der Waals surface area contributed by atoms with Gasteiger partial charge >= 0.3 is 0 Å². The summed E-state index contributed by atoms with van der Waals surface area (Å²) in [6.45, 7) is 2.53. The quantitative estimate of drug-likeness (QED) is 0.302. The highest BCUT2D eigenvalue weighted by atomic mass is 19.1. The van der Waals surface area contributed by atoms with Crippen LogP contribution < -0.4 is 4.74 Å². The second kappa shape index (κ2) is 10.4. The number of benzene rings is 3. The van der Waals surface area contributed by atoms with Gasteiger partial charge in [0.1, 0.15) is 34.8 Å². The Kier molecular flexibility index (Phi) is 7.12. The predicted molar refractivity (Wildman–Crippen MR) is 125 cm³/mol. The van der Waals surface area contributed by atoms with Crippen LogP contribution in [0.1, 0.15) is 34.9 Å². The topological polar surface area (TPSA) is 45.9 Å². The Morgan fingerprint density at radius 1 is 0.853 bits per heavy atom. The van der Waals surface area contributed by atoms with Gasteiger partial charge in [-0.15, -0.1) is 0 Å². The fourth-order valence-corrected chi connectivity index (χ4v) is 3.97. The van der Waals surface area contributed by atoms with Crippen LogP contribution >= 0.6 is 0 Å². The van der Waals surface area contributed by atoms with E-state index in [-0.39, 0.29) is 18.7 Å². The molecule has 0 aliphatic heterocycles. The van der Waals surface area contributed by atoms with Gasteiger partial charge in [0.05, 0.1) is 12.8 Å². The van der Waals surface area contributed by atoms with Crippen molar-refractivity contribution in [2.75, 3.05) is 6.61 Å². The second-order valence-corrected chi connectivity index (χ2v) is 8.06. The van der Waals surface area contributed by atoms with E-state index < -0.39 is 17.2 Å². The van der Waals surface area contributed by atoms with E-state index in [4.69, 9.17) is 10.00 Å². The first kappa shape index (κ1) is 23.3. The van der Waals surface area contributed by atoms with Crippen molar-refractivity contribution in [2.24, 2.45) is 0 Å². The summed E-state index contributed by atoms with van der Waals surface area (Å²) < 4.78 is 48.2. The number of halogens is 3. The molecule has 34 heavy (non-hydrogen) atoms. The highest BCUT2D eigenvalue weighted by Crippen LogP contribution is 2.25. The van der Waals surface area contributed by atoms with Gasteiger partial charge in [0.15, 0.2) is 0 Å². The Morgan fingerprint density at radius 3 is 2.29 bits per heavy atom. The standard InChI is InChI=1S/C28H23F3N2O/c1-2-34-23-11-10-22(33-17-23)9-4-18-5-12-24-21(13-18)8-7-20(28(24)31)6-3-19-14-26(29)25(16-32)27(30)15-19/h5,7-8,10-15,17H,2-4,6,9H2,1H3. The van der Waals surface area contributed by atoms with Gasteiger partial charge in [0.25, 0.3) is 0 Å². The molecule has 1 aromatic heterocycles. The summed E-state index contributed by atoms with van der Waals surface area (Å²) in [5, 5.41) is 10.1. The maximum absolute atomic E-state index is 15.1. The summed E-state index contributed by atoms with van der Waals surface area (Å²) in [5.41, 5.74) is 2.30. The zero-order chi connectivity index (χ0) is 24.1. The van der Waals surface area contributed by atoms with Crippen LogP contribution in [-0.4, -0.2) is 11.6 Å². The predicted octanol–water partition coefficient (Wildman–Crippen LogP) is 6.49. The van der Waals surface area contributed by atoms with E-state index in [2.05, 4.69) is 4.98 Å². The van der Waals surface area contributed by atoms with Crippen LogP contribution in [0.15, 0.2) is 60.8 Å². The third-order valence-electron chi connectivity index (χ3n) is 5.77. The normalized spacial score (nSPS) is 10.9.